The summed E-state index contributed by atoms with van der Waals surface area (Å²) in [6, 6.07) is 1.16. The lowest BCUT2D eigenvalue weighted by Gasteiger charge is -2.57. The molecular weight excluding hydrogens is 232 g/mol. The first-order valence-electron chi connectivity index (χ1n) is 8.31. The van der Waals surface area contributed by atoms with E-state index in [0.717, 1.165) is 11.8 Å². The molecule has 1 heterocycles. The van der Waals surface area contributed by atoms with Gasteiger partial charge in [0.05, 0.1) is 0 Å². The van der Waals surface area contributed by atoms with Crippen LogP contribution in [0.1, 0.15) is 74.7 Å². The molecule has 0 aromatic heterocycles. The normalized spacial score (nSPS) is 33.6. The maximum atomic E-state index is 2.72. The van der Waals surface area contributed by atoms with E-state index >= 15 is 0 Å². The third-order valence-electron chi connectivity index (χ3n) is 5.31. The molecule has 0 amide bonds. The van der Waals surface area contributed by atoms with Crippen molar-refractivity contribution >= 4 is 0 Å². The average molecular weight is 268 g/mol. The quantitative estimate of drug-likeness (QED) is 0.721. The smallest absolute Gasteiger partial charge is 0.0356 e. The molecule has 2 heteroatoms. The molecule has 0 saturated carbocycles. The fourth-order valence-corrected chi connectivity index (χ4v) is 4.08. The van der Waals surface area contributed by atoms with Gasteiger partial charge in [-0.3, -0.25) is 0 Å². The lowest BCUT2D eigenvalue weighted by molar-refractivity contribution is -0.187. The van der Waals surface area contributed by atoms with Gasteiger partial charge in [0, 0.05) is 24.2 Å². The Hall–Kier alpha value is -0.0800. The second kappa shape index (κ2) is 6.58. The van der Waals surface area contributed by atoms with E-state index in [-0.39, 0.29) is 0 Å². The van der Waals surface area contributed by atoms with Gasteiger partial charge in [0.2, 0.25) is 0 Å². The van der Waals surface area contributed by atoms with Gasteiger partial charge in [0.1, 0.15) is 0 Å². The Morgan fingerprint density at radius 2 is 1.68 bits per heavy atom. The van der Waals surface area contributed by atoms with Crippen molar-refractivity contribution in [2.24, 2.45) is 11.8 Å². The van der Waals surface area contributed by atoms with Crippen LogP contribution in [0.4, 0.5) is 0 Å². The molecule has 0 spiro atoms. The molecule has 114 valence electrons. The van der Waals surface area contributed by atoms with E-state index in [4.69, 9.17) is 0 Å². The first kappa shape index (κ1) is 17.0. The monoisotopic (exact) mass is 268 g/mol. The summed E-state index contributed by atoms with van der Waals surface area (Å²) in [6.45, 7) is 20.3. The Morgan fingerprint density at radius 3 is 2.11 bits per heavy atom. The van der Waals surface area contributed by atoms with E-state index in [9.17, 15) is 0 Å². The van der Waals surface area contributed by atoms with Gasteiger partial charge >= 0.3 is 0 Å². The van der Waals surface area contributed by atoms with Gasteiger partial charge in [-0.1, -0.05) is 27.2 Å². The molecule has 3 atom stereocenters. The lowest BCUT2D eigenvalue weighted by Crippen LogP contribution is -2.65. The minimum absolute atomic E-state index is 0.320. The predicted molar refractivity (Wildman–Crippen MR) is 85.1 cm³/mol. The zero-order valence-corrected chi connectivity index (χ0v) is 14.5. The number of piperidine rings is 1. The number of nitrogens with zero attached hydrogens (tertiary/aromatic N) is 2. The zero-order chi connectivity index (χ0) is 14.8. The summed E-state index contributed by atoms with van der Waals surface area (Å²) in [7, 11) is 0. The lowest BCUT2D eigenvalue weighted by atomic mass is 9.71. The molecule has 0 aliphatic carbocycles. The summed E-state index contributed by atoms with van der Waals surface area (Å²) in [4.78, 5) is 0. The molecule has 1 aliphatic rings. The first-order valence-corrected chi connectivity index (χ1v) is 8.31. The van der Waals surface area contributed by atoms with E-state index in [1.54, 1.807) is 0 Å². The van der Waals surface area contributed by atoms with Gasteiger partial charge < -0.3 is 0 Å². The van der Waals surface area contributed by atoms with Crippen LogP contribution in [0.3, 0.4) is 0 Å². The maximum absolute atomic E-state index is 2.72. The van der Waals surface area contributed by atoms with Gasteiger partial charge in [-0.15, -0.1) is 0 Å². The van der Waals surface area contributed by atoms with E-state index < -0.39 is 0 Å². The van der Waals surface area contributed by atoms with Gasteiger partial charge in [0.15, 0.2) is 0 Å². The Bertz CT molecular complexity index is 266. The third kappa shape index (κ3) is 3.33. The number of hydrazine groups is 1. The minimum atomic E-state index is 0.320. The van der Waals surface area contributed by atoms with Crippen LogP contribution < -0.4 is 0 Å². The summed E-state index contributed by atoms with van der Waals surface area (Å²) in [5, 5.41) is 5.34. The highest BCUT2D eigenvalue weighted by Crippen LogP contribution is 2.41. The third-order valence-corrected chi connectivity index (χ3v) is 5.31. The largest absolute Gasteiger partial charge is 0.236 e. The van der Waals surface area contributed by atoms with E-state index in [0.29, 0.717) is 17.6 Å². The number of hydrogen-bond acceptors (Lipinski definition) is 2. The molecule has 0 radical (unpaired) electrons. The van der Waals surface area contributed by atoms with E-state index in [1.165, 1.54) is 25.8 Å². The Kier molecular flexibility index (Phi) is 5.88. The van der Waals surface area contributed by atoms with Crippen LogP contribution in [-0.2, 0) is 0 Å². The van der Waals surface area contributed by atoms with E-state index in [2.05, 4.69) is 65.4 Å². The summed E-state index contributed by atoms with van der Waals surface area (Å²) in [6.07, 6.45) is 3.90. The highest BCUT2D eigenvalue weighted by Gasteiger charge is 2.45. The molecule has 1 aliphatic heterocycles. The van der Waals surface area contributed by atoms with Crippen LogP contribution in [0.15, 0.2) is 0 Å². The van der Waals surface area contributed by atoms with Gasteiger partial charge in [-0.05, 0) is 59.3 Å². The van der Waals surface area contributed by atoms with Crippen LogP contribution in [0.25, 0.3) is 0 Å². The molecule has 0 aromatic carbocycles. The fraction of sp³-hybridized carbons (Fsp3) is 1.00. The van der Waals surface area contributed by atoms with Gasteiger partial charge in [0.25, 0.3) is 0 Å². The van der Waals surface area contributed by atoms with Crippen molar-refractivity contribution in [2.45, 2.75) is 92.3 Å². The van der Waals surface area contributed by atoms with Crippen LogP contribution in [0.5, 0.6) is 0 Å². The van der Waals surface area contributed by atoms with Gasteiger partial charge in [-0.25, -0.2) is 10.0 Å². The van der Waals surface area contributed by atoms with Crippen LogP contribution in [0, 0.1) is 11.8 Å². The van der Waals surface area contributed by atoms with Crippen molar-refractivity contribution < 1.29 is 0 Å². The van der Waals surface area contributed by atoms with Crippen LogP contribution in [-0.4, -0.2) is 34.2 Å². The SMILES string of the molecule is CCCC1(C)C(C)C(C)CCN1N(C(C)C)C(C)C. The standard InChI is InChI=1S/C17H36N2/c1-9-11-17(8)16(7)15(6)10-12-18(17)19(13(2)3)14(4)5/h13-16H,9-12H2,1-8H3. The van der Waals surface area contributed by atoms with Crippen LogP contribution >= 0.6 is 0 Å². The molecule has 1 saturated heterocycles. The highest BCUT2D eigenvalue weighted by molar-refractivity contribution is 4.96. The molecule has 1 fully saturated rings. The molecular formula is C17H36N2. The average Bonchev–Trinajstić information content (AvgIpc) is 2.30. The van der Waals surface area contributed by atoms with Crippen molar-refractivity contribution in [1.29, 1.82) is 0 Å². The topological polar surface area (TPSA) is 6.48 Å². The molecule has 1 rings (SSSR count). The zero-order valence-electron chi connectivity index (χ0n) is 14.5. The highest BCUT2D eigenvalue weighted by atomic mass is 15.7. The van der Waals surface area contributed by atoms with Crippen molar-refractivity contribution in [3.8, 4) is 0 Å². The molecule has 3 unspecified atom stereocenters. The van der Waals surface area contributed by atoms with Crippen molar-refractivity contribution in [1.82, 2.24) is 10.0 Å². The van der Waals surface area contributed by atoms with Crippen LogP contribution in [0.2, 0.25) is 0 Å². The molecule has 0 N–H and O–H groups in total. The van der Waals surface area contributed by atoms with Crippen molar-refractivity contribution in [3.05, 3.63) is 0 Å². The predicted octanol–water partition coefficient (Wildman–Crippen LogP) is 4.56. The summed E-state index contributed by atoms with van der Waals surface area (Å²) in [5.74, 6) is 1.61. The van der Waals surface area contributed by atoms with Crippen molar-refractivity contribution in [3.63, 3.8) is 0 Å². The second-order valence-corrected chi connectivity index (χ2v) is 7.35. The Balaban J connectivity index is 3.07. The molecule has 2 nitrogen and oxygen atoms in total. The molecule has 19 heavy (non-hydrogen) atoms. The van der Waals surface area contributed by atoms with E-state index in [1.807, 2.05) is 0 Å². The summed E-state index contributed by atoms with van der Waals surface area (Å²) >= 11 is 0. The first-order chi connectivity index (χ1) is 8.75. The van der Waals surface area contributed by atoms with Crippen molar-refractivity contribution in [2.75, 3.05) is 6.54 Å². The Morgan fingerprint density at radius 1 is 1.16 bits per heavy atom. The maximum Gasteiger partial charge on any atom is 0.0356 e. The summed E-state index contributed by atoms with van der Waals surface area (Å²) in [5.41, 5.74) is 0.320. The number of rotatable bonds is 5. The van der Waals surface area contributed by atoms with Gasteiger partial charge in [-0.2, -0.15) is 0 Å². The summed E-state index contributed by atoms with van der Waals surface area (Å²) < 4.78 is 0. The second-order valence-electron chi connectivity index (χ2n) is 7.35. The fourth-order valence-electron chi connectivity index (χ4n) is 4.08. The minimum Gasteiger partial charge on any atom is -0.236 e. The molecule has 0 bridgehead atoms. The Labute approximate surface area is 121 Å². The number of hydrogen-bond donors (Lipinski definition) is 0. The molecule has 0 aromatic rings.